The highest BCUT2D eigenvalue weighted by molar-refractivity contribution is 5.55. The van der Waals surface area contributed by atoms with Crippen molar-refractivity contribution in [3.8, 4) is 0 Å². The number of hydrogen-bond donors (Lipinski definition) is 2. The Labute approximate surface area is 99.0 Å². The van der Waals surface area contributed by atoms with Gasteiger partial charge in [0.05, 0.1) is 0 Å². The topological polar surface area (TPSA) is 52.0 Å². The zero-order valence-electron chi connectivity index (χ0n) is 10.5. The van der Waals surface area contributed by atoms with E-state index in [9.17, 15) is 0 Å². The molecule has 4 N–H and O–H groups in total. The maximum absolute atomic E-state index is 5.90. The van der Waals surface area contributed by atoms with Crippen LogP contribution in [-0.4, -0.2) is 0 Å². The van der Waals surface area contributed by atoms with E-state index in [1.807, 2.05) is 18.2 Å². The molecule has 0 aliphatic heterocycles. The van der Waals surface area contributed by atoms with Gasteiger partial charge in [-0.05, 0) is 42.5 Å². The van der Waals surface area contributed by atoms with E-state index in [1.165, 1.54) is 31.2 Å². The number of benzene rings is 1. The minimum absolute atomic E-state index is 0.811. The second-order valence-corrected chi connectivity index (χ2v) is 4.72. The summed E-state index contributed by atoms with van der Waals surface area (Å²) in [6.45, 7) is 4.56. The molecule has 1 unspecified atom stereocenters. The van der Waals surface area contributed by atoms with Gasteiger partial charge in [0.2, 0.25) is 0 Å². The first-order chi connectivity index (χ1) is 7.63. The summed E-state index contributed by atoms with van der Waals surface area (Å²) in [5.41, 5.74) is 14.5. The summed E-state index contributed by atoms with van der Waals surface area (Å²) >= 11 is 0. The minimum Gasteiger partial charge on any atom is -0.399 e. The van der Waals surface area contributed by atoms with E-state index in [0.717, 1.165) is 23.7 Å². The van der Waals surface area contributed by atoms with Gasteiger partial charge in [-0.2, -0.15) is 0 Å². The van der Waals surface area contributed by atoms with Crippen molar-refractivity contribution in [2.24, 2.45) is 5.92 Å². The number of rotatable bonds is 6. The van der Waals surface area contributed by atoms with E-state index in [0.29, 0.717) is 0 Å². The third-order valence-electron chi connectivity index (χ3n) is 3.26. The molecule has 90 valence electrons. The van der Waals surface area contributed by atoms with Crippen LogP contribution in [0.4, 0.5) is 11.4 Å². The molecule has 2 heteroatoms. The number of aryl methyl sites for hydroxylation is 1. The summed E-state index contributed by atoms with van der Waals surface area (Å²) in [6, 6.07) is 5.76. The molecule has 0 saturated carbocycles. The number of nitrogens with two attached hydrogens (primary N) is 2. The van der Waals surface area contributed by atoms with E-state index in [-0.39, 0.29) is 0 Å². The molecule has 0 fully saturated rings. The van der Waals surface area contributed by atoms with Crippen molar-refractivity contribution in [1.82, 2.24) is 0 Å². The molecule has 0 aromatic heterocycles. The average Bonchev–Trinajstić information content (AvgIpc) is 2.28. The van der Waals surface area contributed by atoms with Gasteiger partial charge in [-0.3, -0.25) is 0 Å². The van der Waals surface area contributed by atoms with Crippen LogP contribution in [0.3, 0.4) is 0 Å². The van der Waals surface area contributed by atoms with Crippen molar-refractivity contribution in [2.45, 2.75) is 46.0 Å². The first-order valence-electron chi connectivity index (χ1n) is 6.27. The molecular formula is C14H24N2. The summed E-state index contributed by atoms with van der Waals surface area (Å²) in [7, 11) is 0. The van der Waals surface area contributed by atoms with Crippen molar-refractivity contribution in [1.29, 1.82) is 0 Å². The molecule has 0 heterocycles. The maximum Gasteiger partial charge on any atom is 0.0348 e. The highest BCUT2D eigenvalue weighted by Gasteiger charge is 2.02. The van der Waals surface area contributed by atoms with Crippen LogP contribution in [-0.2, 0) is 6.42 Å². The summed E-state index contributed by atoms with van der Waals surface area (Å²) in [5.74, 6) is 0.846. The molecule has 1 rings (SSSR count). The van der Waals surface area contributed by atoms with Gasteiger partial charge in [0.15, 0.2) is 0 Å². The van der Waals surface area contributed by atoms with Crippen molar-refractivity contribution in [3.63, 3.8) is 0 Å². The normalized spacial score (nSPS) is 12.6. The Morgan fingerprint density at radius 3 is 2.62 bits per heavy atom. The van der Waals surface area contributed by atoms with E-state index in [2.05, 4.69) is 13.8 Å². The first-order valence-corrected chi connectivity index (χ1v) is 6.27. The molecule has 0 radical (unpaired) electrons. The van der Waals surface area contributed by atoms with E-state index >= 15 is 0 Å². The smallest absolute Gasteiger partial charge is 0.0348 e. The molecule has 0 aliphatic rings. The Bertz CT molecular complexity index is 321. The lowest BCUT2D eigenvalue weighted by Crippen LogP contribution is -1.98. The number of anilines is 2. The molecule has 1 aromatic carbocycles. The minimum atomic E-state index is 0.811. The fourth-order valence-electron chi connectivity index (χ4n) is 1.85. The number of unbranched alkanes of at least 4 members (excludes halogenated alkanes) is 1. The van der Waals surface area contributed by atoms with Crippen LogP contribution in [0.1, 0.15) is 45.1 Å². The second-order valence-electron chi connectivity index (χ2n) is 4.72. The van der Waals surface area contributed by atoms with Gasteiger partial charge in [-0.25, -0.2) is 0 Å². The van der Waals surface area contributed by atoms with E-state index in [1.54, 1.807) is 0 Å². The van der Waals surface area contributed by atoms with Crippen molar-refractivity contribution >= 4 is 11.4 Å². The fourth-order valence-corrected chi connectivity index (χ4v) is 1.85. The molecule has 0 bridgehead atoms. The van der Waals surface area contributed by atoms with Crippen LogP contribution < -0.4 is 11.5 Å². The Balaban J connectivity index is 2.34. The van der Waals surface area contributed by atoms with Crippen LogP contribution in [0.15, 0.2) is 18.2 Å². The molecule has 1 atom stereocenters. The van der Waals surface area contributed by atoms with Crippen molar-refractivity contribution in [2.75, 3.05) is 11.5 Å². The Kier molecular flexibility index (Phi) is 5.17. The van der Waals surface area contributed by atoms with Crippen LogP contribution in [0, 0.1) is 5.92 Å². The molecule has 0 aliphatic carbocycles. The Morgan fingerprint density at radius 2 is 1.94 bits per heavy atom. The summed E-state index contributed by atoms with van der Waals surface area (Å²) in [6.07, 6.45) is 6.13. The fraction of sp³-hybridized carbons (Fsp3) is 0.571. The first kappa shape index (κ1) is 12.9. The SMILES string of the molecule is CCC(C)CCCCc1cc(N)ccc1N. The Hall–Kier alpha value is -1.18. The highest BCUT2D eigenvalue weighted by atomic mass is 14.6. The third kappa shape index (κ3) is 4.13. The highest BCUT2D eigenvalue weighted by Crippen LogP contribution is 2.19. The lowest BCUT2D eigenvalue weighted by Gasteiger charge is -2.09. The monoisotopic (exact) mass is 220 g/mol. The van der Waals surface area contributed by atoms with Crippen LogP contribution >= 0.6 is 0 Å². The van der Waals surface area contributed by atoms with Gasteiger partial charge in [0.1, 0.15) is 0 Å². The van der Waals surface area contributed by atoms with E-state index < -0.39 is 0 Å². The third-order valence-corrected chi connectivity index (χ3v) is 3.26. The van der Waals surface area contributed by atoms with Gasteiger partial charge >= 0.3 is 0 Å². The average molecular weight is 220 g/mol. The lowest BCUT2D eigenvalue weighted by atomic mass is 9.98. The van der Waals surface area contributed by atoms with Gasteiger partial charge in [-0.1, -0.05) is 33.1 Å². The van der Waals surface area contributed by atoms with Crippen LogP contribution in [0.2, 0.25) is 0 Å². The summed E-state index contributed by atoms with van der Waals surface area (Å²) < 4.78 is 0. The zero-order chi connectivity index (χ0) is 12.0. The number of hydrogen-bond acceptors (Lipinski definition) is 2. The molecular weight excluding hydrogens is 196 g/mol. The summed E-state index contributed by atoms with van der Waals surface area (Å²) in [4.78, 5) is 0. The van der Waals surface area contributed by atoms with Crippen molar-refractivity contribution < 1.29 is 0 Å². The molecule has 0 saturated heterocycles. The molecule has 16 heavy (non-hydrogen) atoms. The quantitative estimate of drug-likeness (QED) is 0.568. The largest absolute Gasteiger partial charge is 0.399 e. The Morgan fingerprint density at radius 1 is 1.19 bits per heavy atom. The zero-order valence-corrected chi connectivity index (χ0v) is 10.5. The van der Waals surface area contributed by atoms with E-state index in [4.69, 9.17) is 11.5 Å². The predicted molar refractivity (Wildman–Crippen MR) is 72.3 cm³/mol. The van der Waals surface area contributed by atoms with Gasteiger partial charge in [0, 0.05) is 11.4 Å². The second kappa shape index (κ2) is 6.41. The molecule has 0 amide bonds. The maximum atomic E-state index is 5.90. The van der Waals surface area contributed by atoms with Gasteiger partial charge in [0.25, 0.3) is 0 Å². The molecule has 2 nitrogen and oxygen atoms in total. The van der Waals surface area contributed by atoms with Crippen LogP contribution in [0.25, 0.3) is 0 Å². The lowest BCUT2D eigenvalue weighted by molar-refractivity contribution is 0.485. The standard InChI is InChI=1S/C14H24N2/c1-3-11(2)6-4-5-7-12-10-13(15)8-9-14(12)16/h8-11H,3-7,15-16H2,1-2H3. The van der Waals surface area contributed by atoms with Crippen molar-refractivity contribution in [3.05, 3.63) is 23.8 Å². The van der Waals surface area contributed by atoms with Gasteiger partial charge in [-0.15, -0.1) is 0 Å². The predicted octanol–water partition coefficient (Wildman–Crippen LogP) is 3.61. The van der Waals surface area contributed by atoms with Crippen LogP contribution in [0.5, 0.6) is 0 Å². The van der Waals surface area contributed by atoms with Gasteiger partial charge < -0.3 is 11.5 Å². The summed E-state index contributed by atoms with van der Waals surface area (Å²) in [5, 5.41) is 0. The number of nitrogen functional groups attached to an aromatic ring is 2. The molecule has 1 aromatic rings. The molecule has 0 spiro atoms.